The molecule has 1 atom stereocenters. The first-order valence-electron chi connectivity index (χ1n) is 7.00. The SMILES string of the molecule is CSc1cccc(NC(=N)N(C)CC(Cl)c2ccccc2)c1. The van der Waals surface area contributed by atoms with Crippen molar-refractivity contribution in [2.45, 2.75) is 10.3 Å². The number of alkyl halides is 1. The van der Waals surface area contributed by atoms with Crippen LogP contribution in [0.3, 0.4) is 0 Å². The van der Waals surface area contributed by atoms with Gasteiger partial charge in [-0.25, -0.2) is 0 Å². The molecule has 3 nitrogen and oxygen atoms in total. The molecular weight excluding hydrogens is 314 g/mol. The number of likely N-dealkylation sites (N-methyl/N-ethyl adjacent to an activating group) is 1. The fourth-order valence-electron chi connectivity index (χ4n) is 2.03. The largest absolute Gasteiger partial charge is 0.344 e. The molecule has 116 valence electrons. The van der Waals surface area contributed by atoms with Crippen molar-refractivity contribution in [1.82, 2.24) is 4.90 Å². The molecule has 0 bridgehead atoms. The molecule has 0 amide bonds. The van der Waals surface area contributed by atoms with E-state index in [1.165, 1.54) is 4.90 Å². The second-order valence-electron chi connectivity index (χ2n) is 4.96. The van der Waals surface area contributed by atoms with Crippen molar-refractivity contribution >= 4 is 35.0 Å². The number of thioether (sulfide) groups is 1. The summed E-state index contributed by atoms with van der Waals surface area (Å²) in [5.41, 5.74) is 1.97. The van der Waals surface area contributed by atoms with Crippen LogP contribution in [-0.2, 0) is 0 Å². The summed E-state index contributed by atoms with van der Waals surface area (Å²) in [4.78, 5) is 2.98. The highest BCUT2D eigenvalue weighted by Gasteiger charge is 2.13. The molecule has 0 aliphatic carbocycles. The van der Waals surface area contributed by atoms with Crippen LogP contribution in [0, 0.1) is 5.41 Å². The standard InChI is InChI=1S/C17H20ClN3S/c1-21(12-16(18)13-7-4-3-5-8-13)17(19)20-14-9-6-10-15(11-14)22-2/h3-11,16H,12H2,1-2H3,(H2,19,20). The van der Waals surface area contributed by atoms with Gasteiger partial charge in [0.05, 0.1) is 5.38 Å². The van der Waals surface area contributed by atoms with E-state index < -0.39 is 0 Å². The average molecular weight is 334 g/mol. The lowest BCUT2D eigenvalue weighted by atomic mass is 10.1. The van der Waals surface area contributed by atoms with Crippen LogP contribution in [0.25, 0.3) is 0 Å². The van der Waals surface area contributed by atoms with Crippen LogP contribution in [0.5, 0.6) is 0 Å². The van der Waals surface area contributed by atoms with Gasteiger partial charge in [-0.05, 0) is 30.0 Å². The van der Waals surface area contributed by atoms with E-state index in [9.17, 15) is 0 Å². The van der Waals surface area contributed by atoms with Crippen molar-refractivity contribution in [3.63, 3.8) is 0 Å². The first kappa shape index (κ1) is 16.7. The summed E-state index contributed by atoms with van der Waals surface area (Å²) in [7, 11) is 1.87. The molecule has 0 radical (unpaired) electrons. The van der Waals surface area contributed by atoms with Crippen molar-refractivity contribution in [3.8, 4) is 0 Å². The Kier molecular flexibility index (Phi) is 6.16. The molecule has 0 aliphatic rings. The smallest absolute Gasteiger partial charge is 0.195 e. The molecule has 0 spiro atoms. The van der Waals surface area contributed by atoms with Gasteiger partial charge >= 0.3 is 0 Å². The van der Waals surface area contributed by atoms with Gasteiger partial charge in [-0.1, -0.05) is 36.4 Å². The van der Waals surface area contributed by atoms with E-state index in [1.54, 1.807) is 11.8 Å². The fraction of sp³-hybridized carbons (Fsp3) is 0.235. The third-order valence-electron chi connectivity index (χ3n) is 3.31. The monoisotopic (exact) mass is 333 g/mol. The van der Waals surface area contributed by atoms with E-state index in [0.717, 1.165) is 11.3 Å². The number of rotatable bonds is 5. The van der Waals surface area contributed by atoms with Gasteiger partial charge in [0.15, 0.2) is 5.96 Å². The van der Waals surface area contributed by atoms with Gasteiger partial charge < -0.3 is 10.2 Å². The Bertz CT molecular complexity index is 618. The number of benzene rings is 2. The molecule has 0 aromatic heterocycles. The van der Waals surface area contributed by atoms with Gasteiger partial charge in [0.25, 0.3) is 0 Å². The molecule has 1 unspecified atom stereocenters. The maximum Gasteiger partial charge on any atom is 0.195 e. The molecule has 0 aliphatic heterocycles. The zero-order valence-corrected chi connectivity index (χ0v) is 14.3. The molecule has 2 rings (SSSR count). The summed E-state index contributed by atoms with van der Waals surface area (Å²) in [5.74, 6) is 0.333. The Labute approximate surface area is 141 Å². The third-order valence-corrected chi connectivity index (χ3v) is 4.42. The lowest BCUT2D eigenvalue weighted by molar-refractivity contribution is 0.495. The Balaban J connectivity index is 1.94. The quantitative estimate of drug-likeness (QED) is 0.361. The number of hydrogen-bond acceptors (Lipinski definition) is 2. The van der Waals surface area contributed by atoms with E-state index in [-0.39, 0.29) is 5.38 Å². The molecule has 0 saturated heterocycles. The molecule has 2 N–H and O–H groups in total. The molecule has 5 heteroatoms. The number of nitrogens with zero attached hydrogens (tertiary/aromatic N) is 1. The van der Waals surface area contributed by atoms with Crippen LogP contribution >= 0.6 is 23.4 Å². The molecule has 2 aromatic rings. The number of nitrogens with one attached hydrogen (secondary N) is 2. The predicted octanol–water partition coefficient (Wildman–Crippen LogP) is 4.67. The van der Waals surface area contributed by atoms with Crippen molar-refractivity contribution in [1.29, 1.82) is 5.41 Å². The maximum absolute atomic E-state index is 8.16. The Hall–Kier alpha value is -1.65. The van der Waals surface area contributed by atoms with E-state index in [0.29, 0.717) is 12.5 Å². The highest BCUT2D eigenvalue weighted by atomic mass is 35.5. The minimum absolute atomic E-state index is 0.147. The number of halogens is 1. The van der Waals surface area contributed by atoms with Crippen molar-refractivity contribution < 1.29 is 0 Å². The molecular formula is C17H20ClN3S. The molecule has 0 heterocycles. The summed E-state index contributed by atoms with van der Waals surface area (Å²) in [5, 5.41) is 11.1. The van der Waals surface area contributed by atoms with E-state index >= 15 is 0 Å². The van der Waals surface area contributed by atoms with Crippen molar-refractivity contribution in [2.24, 2.45) is 0 Å². The van der Waals surface area contributed by atoms with Crippen LogP contribution in [0.15, 0.2) is 59.5 Å². The Morgan fingerprint density at radius 1 is 1.23 bits per heavy atom. The van der Waals surface area contributed by atoms with Crippen molar-refractivity contribution in [2.75, 3.05) is 25.2 Å². The fourth-order valence-corrected chi connectivity index (χ4v) is 2.84. The van der Waals surface area contributed by atoms with Gasteiger partial charge in [-0.2, -0.15) is 0 Å². The Morgan fingerprint density at radius 3 is 2.64 bits per heavy atom. The van der Waals surface area contributed by atoms with Crippen LogP contribution in [0.2, 0.25) is 0 Å². The lowest BCUT2D eigenvalue weighted by Crippen LogP contribution is -2.34. The van der Waals surface area contributed by atoms with Gasteiger partial charge in [0.2, 0.25) is 0 Å². The average Bonchev–Trinajstić information content (AvgIpc) is 2.55. The zero-order chi connectivity index (χ0) is 15.9. The van der Waals surface area contributed by atoms with Gasteiger partial charge in [-0.15, -0.1) is 23.4 Å². The molecule has 0 saturated carbocycles. The summed E-state index contributed by atoms with van der Waals surface area (Å²) in [6.07, 6.45) is 2.04. The maximum atomic E-state index is 8.16. The lowest BCUT2D eigenvalue weighted by Gasteiger charge is -2.23. The molecule has 2 aromatic carbocycles. The summed E-state index contributed by atoms with van der Waals surface area (Å²) in [6, 6.07) is 17.9. The van der Waals surface area contributed by atoms with Crippen LogP contribution in [0.4, 0.5) is 5.69 Å². The van der Waals surface area contributed by atoms with E-state index in [4.69, 9.17) is 17.0 Å². The minimum Gasteiger partial charge on any atom is -0.344 e. The van der Waals surface area contributed by atoms with E-state index in [1.807, 2.05) is 72.8 Å². The Morgan fingerprint density at radius 2 is 1.95 bits per heavy atom. The van der Waals surface area contributed by atoms with Crippen molar-refractivity contribution in [3.05, 3.63) is 60.2 Å². The second-order valence-corrected chi connectivity index (χ2v) is 6.37. The highest BCUT2D eigenvalue weighted by Crippen LogP contribution is 2.22. The van der Waals surface area contributed by atoms with E-state index in [2.05, 4.69) is 5.32 Å². The number of anilines is 1. The number of hydrogen-bond donors (Lipinski definition) is 2. The second kappa shape index (κ2) is 8.11. The summed E-state index contributed by atoms with van der Waals surface area (Å²) in [6.45, 7) is 0.569. The van der Waals surface area contributed by atoms with Gasteiger partial charge in [-0.3, -0.25) is 5.41 Å². The van der Waals surface area contributed by atoms with Crippen LogP contribution in [-0.4, -0.2) is 30.7 Å². The first-order chi connectivity index (χ1) is 10.6. The number of guanidine groups is 1. The predicted molar refractivity (Wildman–Crippen MR) is 97.2 cm³/mol. The van der Waals surface area contributed by atoms with Crippen LogP contribution < -0.4 is 5.32 Å². The zero-order valence-electron chi connectivity index (χ0n) is 12.7. The highest BCUT2D eigenvalue weighted by molar-refractivity contribution is 7.98. The molecule has 0 fully saturated rings. The summed E-state index contributed by atoms with van der Waals surface area (Å²) >= 11 is 8.11. The molecule has 22 heavy (non-hydrogen) atoms. The summed E-state index contributed by atoms with van der Waals surface area (Å²) < 4.78 is 0. The minimum atomic E-state index is -0.147. The third kappa shape index (κ3) is 4.68. The van der Waals surface area contributed by atoms with Gasteiger partial charge in [0, 0.05) is 24.2 Å². The topological polar surface area (TPSA) is 39.1 Å². The normalized spacial score (nSPS) is 11.8. The van der Waals surface area contributed by atoms with Crippen LogP contribution in [0.1, 0.15) is 10.9 Å². The first-order valence-corrected chi connectivity index (χ1v) is 8.66. The van der Waals surface area contributed by atoms with Gasteiger partial charge in [0.1, 0.15) is 0 Å².